The maximum atomic E-state index is 12.1. The Hall–Kier alpha value is -1.07. The summed E-state index contributed by atoms with van der Waals surface area (Å²) in [6, 6.07) is 7.35. The minimum atomic E-state index is -3.17. The lowest BCUT2D eigenvalue weighted by Gasteiger charge is -2.08. The van der Waals surface area contributed by atoms with Gasteiger partial charge in [-0.3, -0.25) is 0 Å². The molecular formula is C14H20O4S. The number of hydrogen-bond acceptors (Lipinski definition) is 4. The van der Waals surface area contributed by atoms with Gasteiger partial charge in [0.2, 0.25) is 0 Å². The molecule has 1 aromatic carbocycles. The van der Waals surface area contributed by atoms with Crippen molar-refractivity contribution in [1.29, 1.82) is 0 Å². The van der Waals surface area contributed by atoms with Gasteiger partial charge in [0.15, 0.2) is 15.3 Å². The predicted octanol–water partition coefficient (Wildman–Crippen LogP) is 2.48. The van der Waals surface area contributed by atoms with Crippen molar-refractivity contribution in [3.8, 4) is 5.75 Å². The van der Waals surface area contributed by atoms with E-state index in [-0.39, 0.29) is 5.75 Å². The first-order valence-electron chi connectivity index (χ1n) is 6.48. The summed E-state index contributed by atoms with van der Waals surface area (Å²) in [7, 11) is -1.57. The van der Waals surface area contributed by atoms with Crippen LogP contribution in [0.4, 0.5) is 0 Å². The summed E-state index contributed by atoms with van der Waals surface area (Å²) in [6.07, 6.45) is 1.55. The molecule has 0 amide bonds. The van der Waals surface area contributed by atoms with Crippen LogP contribution in [0.25, 0.3) is 0 Å². The molecule has 4 nitrogen and oxygen atoms in total. The van der Waals surface area contributed by atoms with Gasteiger partial charge < -0.3 is 9.47 Å². The summed E-state index contributed by atoms with van der Waals surface area (Å²) in [5.74, 6) is 0.943. The van der Waals surface area contributed by atoms with Crippen LogP contribution >= 0.6 is 0 Å². The summed E-state index contributed by atoms with van der Waals surface area (Å²) in [6.45, 7) is 3.80. The molecule has 2 rings (SSSR count). The van der Waals surface area contributed by atoms with Crippen molar-refractivity contribution in [2.24, 2.45) is 0 Å². The van der Waals surface area contributed by atoms with Gasteiger partial charge in [-0.1, -0.05) is 25.5 Å². The Balaban J connectivity index is 2.14. The zero-order valence-corrected chi connectivity index (χ0v) is 12.4. The van der Waals surface area contributed by atoms with E-state index in [1.807, 2.05) is 38.1 Å². The molecule has 106 valence electrons. The minimum absolute atomic E-state index is 0.194. The van der Waals surface area contributed by atoms with Gasteiger partial charge in [-0.05, 0) is 31.0 Å². The highest BCUT2D eigenvalue weighted by Crippen LogP contribution is 2.49. The topological polar surface area (TPSA) is 55.9 Å². The molecule has 0 bridgehead atoms. The number of ether oxygens (including phenoxy) is 2. The average Bonchev–Trinajstić information content (AvgIpc) is 3.11. The van der Waals surface area contributed by atoms with E-state index in [0.29, 0.717) is 6.42 Å². The minimum Gasteiger partial charge on any atom is -0.497 e. The van der Waals surface area contributed by atoms with Crippen LogP contribution in [0.3, 0.4) is 0 Å². The van der Waals surface area contributed by atoms with E-state index in [4.69, 9.17) is 9.47 Å². The van der Waals surface area contributed by atoms with Gasteiger partial charge in [0, 0.05) is 0 Å². The molecule has 1 aliphatic rings. The highest BCUT2D eigenvalue weighted by atomic mass is 32.2. The molecule has 1 aliphatic heterocycles. The zero-order valence-electron chi connectivity index (χ0n) is 11.5. The maximum Gasteiger partial charge on any atom is 0.192 e. The fraction of sp³-hybridized carbons (Fsp3) is 0.571. The van der Waals surface area contributed by atoms with E-state index >= 15 is 0 Å². The first-order valence-corrected chi connectivity index (χ1v) is 8.19. The Morgan fingerprint density at radius 3 is 2.47 bits per heavy atom. The van der Waals surface area contributed by atoms with Gasteiger partial charge >= 0.3 is 0 Å². The molecule has 0 spiro atoms. The molecule has 0 N–H and O–H groups in total. The first-order chi connectivity index (χ1) is 8.94. The lowest BCUT2D eigenvalue weighted by atomic mass is 10.0. The Bertz CT molecular complexity index is 535. The Morgan fingerprint density at radius 1 is 1.32 bits per heavy atom. The lowest BCUT2D eigenvalue weighted by molar-refractivity contribution is 0.323. The Morgan fingerprint density at radius 2 is 1.95 bits per heavy atom. The maximum absolute atomic E-state index is 12.1. The van der Waals surface area contributed by atoms with Gasteiger partial charge in [0.05, 0.1) is 12.9 Å². The van der Waals surface area contributed by atoms with Crippen molar-refractivity contribution in [2.75, 3.05) is 12.9 Å². The quantitative estimate of drug-likeness (QED) is 0.753. The number of epoxide rings is 1. The molecule has 1 heterocycles. The molecule has 2 atom stereocenters. The van der Waals surface area contributed by atoms with E-state index in [1.165, 1.54) is 0 Å². The Kier molecular flexibility index (Phi) is 3.87. The number of methoxy groups -OCH3 is 1. The van der Waals surface area contributed by atoms with Crippen molar-refractivity contribution >= 4 is 9.84 Å². The van der Waals surface area contributed by atoms with Gasteiger partial charge in [-0.25, -0.2) is 8.42 Å². The van der Waals surface area contributed by atoms with E-state index < -0.39 is 20.9 Å². The summed E-state index contributed by atoms with van der Waals surface area (Å²) in [5.41, 5.74) is -0.544. The highest BCUT2D eigenvalue weighted by molar-refractivity contribution is 7.92. The third-order valence-electron chi connectivity index (χ3n) is 3.52. The normalized spacial score (nSPS) is 26.2. The second-order valence-corrected chi connectivity index (χ2v) is 7.17. The van der Waals surface area contributed by atoms with Crippen LogP contribution in [-0.2, 0) is 20.2 Å². The van der Waals surface area contributed by atoms with Crippen molar-refractivity contribution in [1.82, 2.24) is 0 Å². The van der Waals surface area contributed by atoms with Crippen LogP contribution in [0.5, 0.6) is 5.75 Å². The number of unbranched alkanes of at least 4 members (excludes halogenated alkanes) is 1. The van der Waals surface area contributed by atoms with Gasteiger partial charge in [0.25, 0.3) is 0 Å². The summed E-state index contributed by atoms with van der Waals surface area (Å²) in [4.78, 5) is 0. The lowest BCUT2D eigenvalue weighted by Crippen LogP contribution is -2.19. The van der Waals surface area contributed by atoms with E-state index in [1.54, 1.807) is 7.11 Å². The monoisotopic (exact) mass is 284 g/mol. The molecule has 1 aromatic rings. The number of benzene rings is 1. The van der Waals surface area contributed by atoms with Crippen LogP contribution in [-0.4, -0.2) is 26.7 Å². The second kappa shape index (κ2) is 5.13. The molecule has 1 saturated heterocycles. The molecular weight excluding hydrogens is 264 g/mol. The van der Waals surface area contributed by atoms with Crippen molar-refractivity contribution in [2.45, 2.75) is 37.7 Å². The van der Waals surface area contributed by atoms with Crippen LogP contribution in [0, 0.1) is 0 Å². The molecule has 0 aromatic heterocycles. The third kappa shape index (κ3) is 2.77. The second-order valence-electron chi connectivity index (χ2n) is 5.01. The average molecular weight is 284 g/mol. The molecule has 0 radical (unpaired) electrons. The largest absolute Gasteiger partial charge is 0.497 e. The molecule has 1 fully saturated rings. The molecule has 19 heavy (non-hydrogen) atoms. The Labute approximate surface area is 114 Å². The third-order valence-corrected chi connectivity index (χ3v) is 5.57. The number of rotatable bonds is 6. The number of hydrogen-bond donors (Lipinski definition) is 0. The van der Waals surface area contributed by atoms with Gasteiger partial charge in [-0.15, -0.1) is 0 Å². The summed E-state index contributed by atoms with van der Waals surface area (Å²) in [5, 5.41) is 0. The predicted molar refractivity (Wildman–Crippen MR) is 73.9 cm³/mol. The van der Waals surface area contributed by atoms with Crippen LogP contribution in [0.1, 0.15) is 32.3 Å². The number of sulfone groups is 1. The molecule has 0 saturated carbocycles. The van der Waals surface area contributed by atoms with Gasteiger partial charge in [0.1, 0.15) is 11.4 Å². The fourth-order valence-corrected chi connectivity index (χ4v) is 4.26. The smallest absolute Gasteiger partial charge is 0.192 e. The van der Waals surface area contributed by atoms with Crippen LogP contribution < -0.4 is 4.74 Å². The van der Waals surface area contributed by atoms with E-state index in [9.17, 15) is 8.42 Å². The molecule has 0 aliphatic carbocycles. The van der Waals surface area contributed by atoms with Crippen molar-refractivity contribution in [3.05, 3.63) is 29.8 Å². The standard InChI is InChI=1S/C14H20O4S/c1-4-5-10-19(15,16)13-14(2,18-13)11-6-8-12(17-3)9-7-11/h6-9,13H,4-5,10H2,1-3H3/t13-,14-/m0/s1. The van der Waals surface area contributed by atoms with Crippen LogP contribution in [0.15, 0.2) is 24.3 Å². The SMILES string of the molecule is CCCCS(=O)(=O)[C@@H]1O[C@@]1(C)c1ccc(OC)cc1. The van der Waals surface area contributed by atoms with Gasteiger partial charge in [-0.2, -0.15) is 0 Å². The molecule has 0 unspecified atom stereocenters. The van der Waals surface area contributed by atoms with E-state index in [2.05, 4.69) is 0 Å². The summed E-state index contributed by atoms with van der Waals surface area (Å²) < 4.78 is 34.8. The molecule has 5 heteroatoms. The zero-order chi connectivity index (χ0) is 14.1. The summed E-state index contributed by atoms with van der Waals surface area (Å²) >= 11 is 0. The fourth-order valence-electron chi connectivity index (χ4n) is 2.18. The highest BCUT2D eigenvalue weighted by Gasteiger charge is 2.60. The van der Waals surface area contributed by atoms with Crippen molar-refractivity contribution in [3.63, 3.8) is 0 Å². The van der Waals surface area contributed by atoms with Crippen LogP contribution in [0.2, 0.25) is 0 Å². The van der Waals surface area contributed by atoms with Crippen molar-refractivity contribution < 1.29 is 17.9 Å². The first kappa shape index (κ1) is 14.3. The van der Waals surface area contributed by atoms with E-state index in [0.717, 1.165) is 17.7 Å².